The summed E-state index contributed by atoms with van der Waals surface area (Å²) >= 11 is 0. The van der Waals surface area contributed by atoms with Gasteiger partial charge in [0.25, 0.3) is 0 Å². The lowest BCUT2D eigenvalue weighted by Gasteiger charge is -2.35. The first-order valence-corrected chi connectivity index (χ1v) is 9.65. The molecule has 0 radical (unpaired) electrons. The van der Waals surface area contributed by atoms with Gasteiger partial charge >= 0.3 is 5.97 Å². The van der Waals surface area contributed by atoms with Gasteiger partial charge in [0.1, 0.15) is 22.7 Å². The van der Waals surface area contributed by atoms with E-state index in [9.17, 15) is 18.3 Å². The highest BCUT2D eigenvalue weighted by atomic mass is 32.2. The number of carboxylic acids is 1. The average Bonchev–Trinajstić information content (AvgIpc) is 3.18. The Labute approximate surface area is 151 Å². The molecule has 0 unspecified atom stereocenters. The standard InChI is InChI=1S/C17H19N3O5S/c1-11-15(7-18-19(11)2)26(23,24)20-8-13-12-5-3-4-6-14(12)25-10-17(13,9-20)16(21)22/h3-7,13H,8-10H2,1-2H3,(H,21,22)/t13-,17-/m1/s1. The second-order valence-corrected chi connectivity index (χ2v) is 8.76. The van der Waals surface area contributed by atoms with Crippen LogP contribution in [0.2, 0.25) is 0 Å². The van der Waals surface area contributed by atoms with Crippen molar-refractivity contribution in [1.82, 2.24) is 14.1 Å². The molecular weight excluding hydrogens is 358 g/mol. The molecule has 8 nitrogen and oxygen atoms in total. The molecule has 138 valence electrons. The van der Waals surface area contributed by atoms with Crippen molar-refractivity contribution in [2.24, 2.45) is 12.5 Å². The quantitative estimate of drug-likeness (QED) is 0.856. The van der Waals surface area contributed by atoms with Crippen LogP contribution >= 0.6 is 0 Å². The topological polar surface area (TPSA) is 102 Å². The van der Waals surface area contributed by atoms with Crippen molar-refractivity contribution in [3.63, 3.8) is 0 Å². The van der Waals surface area contributed by atoms with Crippen molar-refractivity contribution in [1.29, 1.82) is 0 Å². The maximum Gasteiger partial charge on any atom is 0.315 e. The zero-order chi connectivity index (χ0) is 18.7. The molecule has 2 aliphatic rings. The van der Waals surface area contributed by atoms with E-state index < -0.39 is 27.3 Å². The lowest BCUT2D eigenvalue weighted by atomic mass is 9.73. The van der Waals surface area contributed by atoms with Gasteiger partial charge < -0.3 is 9.84 Å². The number of aryl methyl sites for hydroxylation is 1. The number of para-hydroxylation sites is 1. The van der Waals surface area contributed by atoms with Gasteiger partial charge in [0.2, 0.25) is 10.0 Å². The number of carbonyl (C=O) groups is 1. The molecule has 2 aromatic rings. The lowest BCUT2D eigenvalue weighted by molar-refractivity contribution is -0.151. The molecule has 1 aromatic carbocycles. The fraction of sp³-hybridized carbons (Fsp3) is 0.412. The normalized spacial score (nSPS) is 25.4. The summed E-state index contributed by atoms with van der Waals surface area (Å²) in [6.07, 6.45) is 1.31. The highest BCUT2D eigenvalue weighted by Crippen LogP contribution is 2.50. The number of hydrogen-bond acceptors (Lipinski definition) is 5. The van der Waals surface area contributed by atoms with Gasteiger partial charge in [-0.1, -0.05) is 18.2 Å². The number of nitrogens with zero attached hydrogens (tertiary/aromatic N) is 3. The summed E-state index contributed by atoms with van der Waals surface area (Å²) in [5, 5.41) is 13.9. The van der Waals surface area contributed by atoms with Gasteiger partial charge in [-0.15, -0.1) is 0 Å². The van der Waals surface area contributed by atoms with Gasteiger partial charge in [0.05, 0.1) is 11.9 Å². The Kier molecular flexibility index (Phi) is 3.64. The van der Waals surface area contributed by atoms with Crippen LogP contribution in [0.25, 0.3) is 0 Å². The largest absolute Gasteiger partial charge is 0.492 e. The van der Waals surface area contributed by atoms with Crippen LogP contribution in [0, 0.1) is 12.3 Å². The summed E-state index contributed by atoms with van der Waals surface area (Å²) in [6.45, 7) is 1.60. The molecule has 0 aliphatic carbocycles. The molecule has 1 N–H and O–H groups in total. The first-order chi connectivity index (χ1) is 12.3. The summed E-state index contributed by atoms with van der Waals surface area (Å²) in [5.74, 6) is -0.888. The average molecular weight is 377 g/mol. The summed E-state index contributed by atoms with van der Waals surface area (Å²) < 4.78 is 34.7. The maximum absolute atomic E-state index is 13.1. The minimum atomic E-state index is -3.85. The number of aromatic nitrogens is 2. The van der Waals surface area contributed by atoms with Gasteiger partial charge in [0, 0.05) is 26.1 Å². The van der Waals surface area contributed by atoms with E-state index in [1.54, 1.807) is 20.0 Å². The molecule has 0 saturated carbocycles. The molecule has 2 aliphatic heterocycles. The number of carboxylic acid groups (broad SMARTS) is 1. The van der Waals surface area contributed by atoms with Gasteiger partial charge in [0.15, 0.2) is 0 Å². The van der Waals surface area contributed by atoms with Crippen LogP contribution in [-0.2, 0) is 21.9 Å². The van der Waals surface area contributed by atoms with E-state index in [0.717, 1.165) is 5.56 Å². The molecule has 1 saturated heterocycles. The summed E-state index contributed by atoms with van der Waals surface area (Å²) in [7, 11) is -2.18. The first kappa shape index (κ1) is 17.0. The van der Waals surface area contributed by atoms with Crippen LogP contribution in [0.15, 0.2) is 35.4 Å². The number of fused-ring (bicyclic) bond motifs is 3. The Balaban J connectivity index is 1.79. The molecule has 26 heavy (non-hydrogen) atoms. The molecule has 0 spiro atoms. The maximum atomic E-state index is 13.1. The van der Waals surface area contributed by atoms with Crippen LogP contribution in [0.5, 0.6) is 5.75 Å². The molecule has 1 aromatic heterocycles. The highest BCUT2D eigenvalue weighted by molar-refractivity contribution is 7.89. The Hall–Kier alpha value is -2.39. The summed E-state index contributed by atoms with van der Waals surface area (Å²) in [6, 6.07) is 7.21. The zero-order valence-electron chi connectivity index (χ0n) is 14.4. The fourth-order valence-electron chi connectivity index (χ4n) is 3.85. The van der Waals surface area contributed by atoms with Crippen molar-refractivity contribution in [2.45, 2.75) is 17.7 Å². The second kappa shape index (κ2) is 5.55. The van der Waals surface area contributed by atoms with E-state index in [4.69, 9.17) is 4.74 Å². The van der Waals surface area contributed by atoms with Crippen molar-refractivity contribution >= 4 is 16.0 Å². The molecule has 2 atom stereocenters. The van der Waals surface area contributed by atoms with Crippen molar-refractivity contribution in [2.75, 3.05) is 19.7 Å². The molecule has 3 heterocycles. The number of rotatable bonds is 3. The van der Waals surface area contributed by atoms with E-state index in [2.05, 4.69) is 5.10 Å². The van der Waals surface area contributed by atoms with Crippen LogP contribution in [-0.4, -0.2) is 53.3 Å². The van der Waals surface area contributed by atoms with E-state index in [1.807, 2.05) is 18.2 Å². The molecule has 4 rings (SSSR count). The summed E-state index contributed by atoms with van der Waals surface area (Å²) in [5.41, 5.74) is -0.0417. The Morgan fingerprint density at radius 2 is 2.12 bits per heavy atom. The van der Waals surface area contributed by atoms with Crippen LogP contribution < -0.4 is 4.74 Å². The fourth-order valence-corrected chi connectivity index (χ4v) is 5.56. The van der Waals surface area contributed by atoms with Crippen LogP contribution in [0.4, 0.5) is 0 Å². The number of benzene rings is 1. The summed E-state index contributed by atoms with van der Waals surface area (Å²) in [4.78, 5) is 12.2. The minimum Gasteiger partial charge on any atom is -0.492 e. The van der Waals surface area contributed by atoms with Crippen molar-refractivity contribution in [3.05, 3.63) is 41.7 Å². The third-order valence-corrected chi connectivity index (χ3v) is 7.44. The van der Waals surface area contributed by atoms with Crippen LogP contribution in [0.1, 0.15) is 17.2 Å². The van der Waals surface area contributed by atoms with E-state index in [1.165, 1.54) is 15.2 Å². The highest BCUT2D eigenvalue weighted by Gasteiger charge is 2.59. The molecule has 1 fully saturated rings. The van der Waals surface area contributed by atoms with Gasteiger partial charge in [-0.05, 0) is 18.6 Å². The number of ether oxygens (including phenoxy) is 1. The third kappa shape index (κ3) is 2.20. The van der Waals surface area contributed by atoms with Gasteiger partial charge in [-0.25, -0.2) is 8.42 Å². The van der Waals surface area contributed by atoms with E-state index >= 15 is 0 Å². The lowest BCUT2D eigenvalue weighted by Crippen LogP contribution is -2.46. The van der Waals surface area contributed by atoms with E-state index in [0.29, 0.717) is 11.4 Å². The number of hydrogen-bond donors (Lipinski definition) is 1. The molecule has 9 heteroatoms. The Morgan fingerprint density at radius 3 is 2.77 bits per heavy atom. The van der Waals surface area contributed by atoms with Crippen molar-refractivity contribution in [3.8, 4) is 5.75 Å². The van der Waals surface area contributed by atoms with Gasteiger partial charge in [-0.2, -0.15) is 9.40 Å². The third-order valence-electron chi connectivity index (χ3n) is 5.53. The zero-order valence-corrected chi connectivity index (χ0v) is 15.2. The monoisotopic (exact) mass is 377 g/mol. The molecule has 0 amide bonds. The predicted molar refractivity (Wildman–Crippen MR) is 91.5 cm³/mol. The minimum absolute atomic E-state index is 0.0535. The Morgan fingerprint density at radius 1 is 1.38 bits per heavy atom. The van der Waals surface area contributed by atoms with Gasteiger partial charge in [-0.3, -0.25) is 9.48 Å². The van der Waals surface area contributed by atoms with Crippen LogP contribution in [0.3, 0.4) is 0 Å². The first-order valence-electron chi connectivity index (χ1n) is 8.21. The second-order valence-electron chi connectivity index (χ2n) is 6.86. The van der Waals surface area contributed by atoms with E-state index in [-0.39, 0.29) is 24.6 Å². The number of aliphatic carboxylic acids is 1. The van der Waals surface area contributed by atoms with Crippen molar-refractivity contribution < 1.29 is 23.1 Å². The molecule has 0 bridgehead atoms. The predicted octanol–water partition coefficient (Wildman–Crippen LogP) is 0.980. The number of sulfonamides is 1. The SMILES string of the molecule is Cc1c(S(=O)(=O)N2C[C@@H]3c4ccccc4OC[C@]3(C(=O)O)C2)cnn1C. The Bertz CT molecular complexity index is 1000. The molecular formula is C17H19N3O5S. The smallest absolute Gasteiger partial charge is 0.315 e.